The standard InChI is InChI=1S/C14H11F2NO2/c15-11-7-4-8-12(16)14(11)17-13(18)9-19-10-5-2-1-3-6-10/h1-8H,9H2,(H,17,18). The Morgan fingerprint density at radius 2 is 1.63 bits per heavy atom. The van der Waals surface area contributed by atoms with Crippen LogP contribution in [0.5, 0.6) is 5.75 Å². The van der Waals surface area contributed by atoms with Crippen LogP contribution in [0.4, 0.5) is 14.5 Å². The Hall–Kier alpha value is -2.43. The fraction of sp³-hybridized carbons (Fsp3) is 0.0714. The predicted octanol–water partition coefficient (Wildman–Crippen LogP) is 2.98. The van der Waals surface area contributed by atoms with E-state index in [9.17, 15) is 13.6 Å². The van der Waals surface area contributed by atoms with Crippen molar-refractivity contribution in [2.75, 3.05) is 11.9 Å². The zero-order valence-electron chi connectivity index (χ0n) is 9.90. The summed E-state index contributed by atoms with van der Waals surface area (Å²) >= 11 is 0. The molecule has 0 saturated heterocycles. The Morgan fingerprint density at radius 3 is 2.26 bits per heavy atom. The van der Waals surface area contributed by atoms with Crippen LogP contribution in [-0.2, 0) is 4.79 Å². The van der Waals surface area contributed by atoms with Gasteiger partial charge in [0.15, 0.2) is 6.61 Å². The van der Waals surface area contributed by atoms with Crippen LogP contribution in [0.3, 0.4) is 0 Å². The number of amides is 1. The van der Waals surface area contributed by atoms with Gasteiger partial charge in [-0.25, -0.2) is 8.78 Å². The second-order valence-electron chi connectivity index (χ2n) is 3.75. The normalized spacial score (nSPS) is 10.0. The number of carbonyl (C=O) groups excluding carboxylic acids is 1. The van der Waals surface area contributed by atoms with Gasteiger partial charge in [-0.15, -0.1) is 0 Å². The van der Waals surface area contributed by atoms with Gasteiger partial charge in [-0.3, -0.25) is 4.79 Å². The van der Waals surface area contributed by atoms with Gasteiger partial charge in [0.1, 0.15) is 23.1 Å². The molecule has 0 radical (unpaired) electrons. The van der Waals surface area contributed by atoms with Gasteiger partial charge < -0.3 is 10.1 Å². The maximum absolute atomic E-state index is 13.3. The number of para-hydroxylation sites is 2. The number of benzene rings is 2. The summed E-state index contributed by atoms with van der Waals surface area (Å²) in [6.45, 7) is -0.322. The van der Waals surface area contributed by atoms with Crippen molar-refractivity contribution in [1.29, 1.82) is 0 Å². The van der Waals surface area contributed by atoms with Crippen molar-refractivity contribution in [3.8, 4) is 5.75 Å². The summed E-state index contributed by atoms with van der Waals surface area (Å²) in [5.74, 6) is -1.78. The minimum atomic E-state index is -0.826. The summed E-state index contributed by atoms with van der Waals surface area (Å²) in [6, 6.07) is 12.0. The molecule has 0 unspecified atom stereocenters. The number of ether oxygens (including phenoxy) is 1. The van der Waals surface area contributed by atoms with Crippen LogP contribution < -0.4 is 10.1 Å². The molecule has 0 fully saturated rings. The van der Waals surface area contributed by atoms with E-state index >= 15 is 0 Å². The molecule has 0 aliphatic carbocycles. The molecular formula is C14H11F2NO2. The first-order valence-electron chi connectivity index (χ1n) is 5.58. The van der Waals surface area contributed by atoms with Crippen molar-refractivity contribution in [2.24, 2.45) is 0 Å². The molecule has 5 heteroatoms. The lowest BCUT2D eigenvalue weighted by molar-refractivity contribution is -0.118. The first-order valence-corrected chi connectivity index (χ1v) is 5.58. The maximum atomic E-state index is 13.3. The van der Waals surface area contributed by atoms with E-state index in [1.165, 1.54) is 6.07 Å². The second-order valence-corrected chi connectivity index (χ2v) is 3.75. The van der Waals surface area contributed by atoms with E-state index in [0.29, 0.717) is 5.75 Å². The molecule has 0 atom stereocenters. The SMILES string of the molecule is O=C(COc1ccccc1)Nc1c(F)cccc1F. The van der Waals surface area contributed by atoms with Gasteiger partial charge in [0, 0.05) is 0 Å². The maximum Gasteiger partial charge on any atom is 0.262 e. The molecular weight excluding hydrogens is 252 g/mol. The first-order chi connectivity index (χ1) is 9.16. The molecule has 0 aliphatic rings. The summed E-state index contributed by atoms with van der Waals surface area (Å²) < 4.78 is 31.7. The van der Waals surface area contributed by atoms with Crippen molar-refractivity contribution in [3.05, 3.63) is 60.2 Å². The second kappa shape index (κ2) is 5.95. The molecule has 98 valence electrons. The van der Waals surface area contributed by atoms with E-state index in [1.807, 2.05) is 6.07 Å². The average molecular weight is 263 g/mol. The topological polar surface area (TPSA) is 38.3 Å². The fourth-order valence-corrected chi connectivity index (χ4v) is 1.46. The van der Waals surface area contributed by atoms with Gasteiger partial charge in [0.25, 0.3) is 5.91 Å². The Bertz CT molecular complexity index is 553. The Morgan fingerprint density at radius 1 is 1.00 bits per heavy atom. The van der Waals surface area contributed by atoms with Crippen molar-refractivity contribution >= 4 is 11.6 Å². The summed E-state index contributed by atoms with van der Waals surface area (Å²) in [4.78, 5) is 11.5. The third kappa shape index (κ3) is 3.51. The summed E-state index contributed by atoms with van der Waals surface area (Å²) in [5, 5.41) is 2.13. The Balaban J connectivity index is 1.95. The van der Waals surface area contributed by atoms with Gasteiger partial charge >= 0.3 is 0 Å². The molecule has 19 heavy (non-hydrogen) atoms. The number of rotatable bonds is 4. The highest BCUT2D eigenvalue weighted by molar-refractivity contribution is 5.92. The lowest BCUT2D eigenvalue weighted by Crippen LogP contribution is -2.21. The number of halogens is 2. The van der Waals surface area contributed by atoms with Gasteiger partial charge in [-0.05, 0) is 24.3 Å². The fourth-order valence-electron chi connectivity index (χ4n) is 1.46. The minimum Gasteiger partial charge on any atom is -0.484 e. The third-order valence-electron chi connectivity index (χ3n) is 2.34. The molecule has 3 nitrogen and oxygen atoms in total. The van der Waals surface area contributed by atoms with Crippen molar-refractivity contribution in [2.45, 2.75) is 0 Å². The van der Waals surface area contributed by atoms with Gasteiger partial charge in [-0.1, -0.05) is 24.3 Å². The van der Waals surface area contributed by atoms with Crippen LogP contribution in [0.2, 0.25) is 0 Å². The molecule has 0 saturated carbocycles. The van der Waals surface area contributed by atoms with E-state index in [4.69, 9.17) is 4.74 Å². The zero-order chi connectivity index (χ0) is 13.7. The molecule has 2 rings (SSSR count). The van der Waals surface area contributed by atoms with Gasteiger partial charge in [0.05, 0.1) is 0 Å². The molecule has 1 amide bonds. The number of hydrogen-bond acceptors (Lipinski definition) is 2. The van der Waals surface area contributed by atoms with E-state index in [-0.39, 0.29) is 6.61 Å². The summed E-state index contributed by atoms with van der Waals surface area (Å²) in [7, 11) is 0. The lowest BCUT2D eigenvalue weighted by Gasteiger charge is -2.08. The quantitative estimate of drug-likeness (QED) is 0.920. The number of hydrogen-bond donors (Lipinski definition) is 1. The number of anilines is 1. The monoisotopic (exact) mass is 263 g/mol. The van der Waals surface area contributed by atoms with Gasteiger partial charge in [0.2, 0.25) is 0 Å². The lowest BCUT2D eigenvalue weighted by atomic mass is 10.3. The van der Waals surface area contributed by atoms with Crippen LogP contribution >= 0.6 is 0 Å². The molecule has 2 aromatic carbocycles. The van der Waals surface area contributed by atoms with Crippen LogP contribution in [0.15, 0.2) is 48.5 Å². The third-order valence-corrected chi connectivity index (χ3v) is 2.34. The smallest absolute Gasteiger partial charge is 0.262 e. The number of carbonyl (C=O) groups is 1. The van der Waals surface area contributed by atoms with Crippen molar-refractivity contribution in [3.63, 3.8) is 0 Å². The molecule has 0 aliphatic heterocycles. The van der Waals surface area contributed by atoms with Gasteiger partial charge in [-0.2, -0.15) is 0 Å². The van der Waals surface area contributed by atoms with E-state index in [1.54, 1.807) is 24.3 Å². The van der Waals surface area contributed by atoms with Crippen LogP contribution in [0, 0.1) is 11.6 Å². The summed E-state index contributed by atoms with van der Waals surface area (Å²) in [5.41, 5.74) is -0.468. The molecule has 1 N–H and O–H groups in total. The summed E-state index contributed by atoms with van der Waals surface area (Å²) in [6.07, 6.45) is 0. The molecule has 0 spiro atoms. The van der Waals surface area contributed by atoms with Crippen molar-refractivity contribution in [1.82, 2.24) is 0 Å². The molecule has 0 aromatic heterocycles. The highest BCUT2D eigenvalue weighted by Crippen LogP contribution is 2.17. The highest BCUT2D eigenvalue weighted by Gasteiger charge is 2.12. The highest BCUT2D eigenvalue weighted by atomic mass is 19.1. The Kier molecular flexibility index (Phi) is 4.07. The predicted molar refractivity (Wildman–Crippen MR) is 66.9 cm³/mol. The average Bonchev–Trinajstić information content (AvgIpc) is 2.42. The number of nitrogens with one attached hydrogen (secondary N) is 1. The van der Waals surface area contributed by atoms with Crippen molar-refractivity contribution < 1.29 is 18.3 Å². The van der Waals surface area contributed by atoms with E-state index < -0.39 is 23.2 Å². The molecule has 0 heterocycles. The molecule has 2 aromatic rings. The van der Waals surface area contributed by atoms with Crippen LogP contribution in [-0.4, -0.2) is 12.5 Å². The van der Waals surface area contributed by atoms with E-state index in [2.05, 4.69) is 5.32 Å². The van der Waals surface area contributed by atoms with Crippen LogP contribution in [0.25, 0.3) is 0 Å². The van der Waals surface area contributed by atoms with Crippen LogP contribution in [0.1, 0.15) is 0 Å². The Labute approximate surface area is 108 Å². The largest absolute Gasteiger partial charge is 0.484 e. The zero-order valence-corrected chi connectivity index (χ0v) is 9.90. The van der Waals surface area contributed by atoms with E-state index in [0.717, 1.165) is 12.1 Å². The minimum absolute atomic E-state index is 0.322. The first kappa shape index (κ1) is 13.0. The molecule has 0 bridgehead atoms.